The lowest BCUT2D eigenvalue weighted by molar-refractivity contribution is -0.122. The first kappa shape index (κ1) is 15.4. The lowest BCUT2D eigenvalue weighted by Gasteiger charge is -2.32. The van der Waals surface area contributed by atoms with Crippen molar-refractivity contribution < 1.29 is 4.79 Å². The molecule has 0 aromatic carbocycles. The molecule has 1 fully saturated rings. The fraction of sp³-hybridized carbons (Fsp3) is 0.929. The molecule has 4 nitrogen and oxygen atoms in total. The van der Waals surface area contributed by atoms with E-state index in [1.807, 2.05) is 0 Å². The van der Waals surface area contributed by atoms with E-state index in [0.29, 0.717) is 12.5 Å². The molecule has 0 aliphatic carbocycles. The van der Waals surface area contributed by atoms with Gasteiger partial charge in [-0.3, -0.25) is 4.79 Å². The van der Waals surface area contributed by atoms with Crippen molar-refractivity contribution >= 4 is 5.91 Å². The molecule has 1 saturated heterocycles. The summed E-state index contributed by atoms with van der Waals surface area (Å²) < 4.78 is 0. The maximum Gasteiger partial charge on any atom is 0.220 e. The molecule has 1 aliphatic rings. The van der Waals surface area contributed by atoms with E-state index in [2.05, 4.69) is 17.1 Å². The molecule has 0 aromatic heterocycles. The highest BCUT2D eigenvalue weighted by atomic mass is 16.1. The normalized spacial score (nSPS) is 17.9. The van der Waals surface area contributed by atoms with Crippen molar-refractivity contribution in [3.63, 3.8) is 0 Å². The Morgan fingerprint density at radius 1 is 1.28 bits per heavy atom. The fourth-order valence-corrected chi connectivity index (χ4v) is 2.50. The average molecular weight is 255 g/mol. The third-order valence-corrected chi connectivity index (χ3v) is 3.66. The largest absolute Gasteiger partial charge is 0.353 e. The van der Waals surface area contributed by atoms with E-state index in [1.54, 1.807) is 0 Å². The Labute approximate surface area is 111 Å². The van der Waals surface area contributed by atoms with Gasteiger partial charge < -0.3 is 16.0 Å². The number of carbonyl (C=O) groups excluding carboxylic acids is 1. The zero-order valence-electron chi connectivity index (χ0n) is 11.8. The lowest BCUT2D eigenvalue weighted by atomic mass is 10.0. The molecular formula is C14H29N3O. The Hall–Kier alpha value is -0.610. The minimum atomic E-state index is 0.239. The highest BCUT2D eigenvalue weighted by Crippen LogP contribution is 2.10. The summed E-state index contributed by atoms with van der Waals surface area (Å²) in [5.74, 6) is 0.239. The van der Waals surface area contributed by atoms with Gasteiger partial charge in [0, 0.05) is 38.6 Å². The van der Waals surface area contributed by atoms with Gasteiger partial charge in [-0.15, -0.1) is 0 Å². The molecule has 0 radical (unpaired) electrons. The number of carbonyl (C=O) groups is 1. The summed E-state index contributed by atoms with van der Waals surface area (Å²) in [4.78, 5) is 14.1. The van der Waals surface area contributed by atoms with Crippen molar-refractivity contribution in [1.82, 2.24) is 10.2 Å². The summed E-state index contributed by atoms with van der Waals surface area (Å²) in [6.07, 6.45) is 7.51. The van der Waals surface area contributed by atoms with Crippen molar-refractivity contribution in [2.24, 2.45) is 5.73 Å². The predicted molar refractivity (Wildman–Crippen MR) is 75.4 cm³/mol. The molecule has 1 heterocycles. The van der Waals surface area contributed by atoms with E-state index in [9.17, 15) is 4.79 Å². The minimum absolute atomic E-state index is 0.239. The summed E-state index contributed by atoms with van der Waals surface area (Å²) in [6, 6.07) is 0.387. The third kappa shape index (κ3) is 6.36. The number of hydrogen-bond donors (Lipinski definition) is 2. The van der Waals surface area contributed by atoms with Crippen LogP contribution in [-0.2, 0) is 4.79 Å². The Bertz CT molecular complexity index is 225. The van der Waals surface area contributed by atoms with Crippen LogP contribution in [0.25, 0.3) is 0 Å². The van der Waals surface area contributed by atoms with E-state index in [4.69, 9.17) is 5.73 Å². The number of amides is 1. The molecule has 106 valence electrons. The number of nitrogens with one attached hydrogen (secondary N) is 1. The van der Waals surface area contributed by atoms with Crippen LogP contribution in [0.3, 0.4) is 0 Å². The summed E-state index contributed by atoms with van der Waals surface area (Å²) >= 11 is 0. The quantitative estimate of drug-likeness (QED) is 0.646. The molecule has 1 rings (SSSR count). The molecule has 18 heavy (non-hydrogen) atoms. The van der Waals surface area contributed by atoms with Crippen molar-refractivity contribution in [2.45, 2.75) is 57.9 Å². The van der Waals surface area contributed by atoms with Gasteiger partial charge in [0.25, 0.3) is 0 Å². The van der Waals surface area contributed by atoms with Crippen LogP contribution in [0.5, 0.6) is 0 Å². The molecule has 3 N–H and O–H groups in total. The number of piperidine rings is 1. The van der Waals surface area contributed by atoms with Crippen LogP contribution in [0.2, 0.25) is 0 Å². The fourth-order valence-electron chi connectivity index (χ4n) is 2.50. The minimum Gasteiger partial charge on any atom is -0.353 e. The van der Waals surface area contributed by atoms with Gasteiger partial charge in [-0.25, -0.2) is 0 Å². The van der Waals surface area contributed by atoms with Crippen LogP contribution >= 0.6 is 0 Å². The maximum absolute atomic E-state index is 11.7. The zero-order chi connectivity index (χ0) is 13.2. The maximum atomic E-state index is 11.7. The molecule has 0 bridgehead atoms. The van der Waals surface area contributed by atoms with E-state index < -0.39 is 0 Å². The van der Waals surface area contributed by atoms with Crippen LogP contribution in [0.1, 0.15) is 51.9 Å². The van der Waals surface area contributed by atoms with Gasteiger partial charge in [0.15, 0.2) is 0 Å². The monoisotopic (exact) mass is 255 g/mol. The molecule has 0 spiro atoms. The van der Waals surface area contributed by atoms with Gasteiger partial charge >= 0.3 is 0 Å². The van der Waals surface area contributed by atoms with Gasteiger partial charge in [0.05, 0.1) is 0 Å². The Kier molecular flexibility index (Phi) is 8.01. The number of likely N-dealkylation sites (tertiary alicyclic amines) is 1. The molecule has 0 unspecified atom stereocenters. The van der Waals surface area contributed by atoms with Gasteiger partial charge in [-0.2, -0.15) is 0 Å². The van der Waals surface area contributed by atoms with Crippen molar-refractivity contribution in [2.75, 3.05) is 26.2 Å². The number of rotatable bonds is 8. The second kappa shape index (κ2) is 9.34. The van der Waals surface area contributed by atoms with Crippen LogP contribution in [0.15, 0.2) is 0 Å². The van der Waals surface area contributed by atoms with E-state index in [0.717, 1.165) is 45.4 Å². The third-order valence-electron chi connectivity index (χ3n) is 3.66. The standard InChI is InChI=1S/C14H29N3O/c1-2-3-4-5-6-14(18)16-13-7-10-17(11-8-13)12-9-15/h13H,2-12,15H2,1H3,(H,16,18). The lowest BCUT2D eigenvalue weighted by Crippen LogP contribution is -2.45. The molecule has 1 amide bonds. The average Bonchev–Trinajstić information content (AvgIpc) is 2.37. The van der Waals surface area contributed by atoms with Gasteiger partial charge in [0.1, 0.15) is 0 Å². The summed E-state index contributed by atoms with van der Waals surface area (Å²) in [5, 5.41) is 3.16. The molecule has 1 aliphatic heterocycles. The van der Waals surface area contributed by atoms with Crippen molar-refractivity contribution in [3.05, 3.63) is 0 Å². The number of nitrogens with two attached hydrogens (primary N) is 1. The topological polar surface area (TPSA) is 58.4 Å². The Morgan fingerprint density at radius 2 is 2.00 bits per heavy atom. The first-order valence-electron chi connectivity index (χ1n) is 7.48. The zero-order valence-corrected chi connectivity index (χ0v) is 11.8. The van der Waals surface area contributed by atoms with Crippen LogP contribution in [0.4, 0.5) is 0 Å². The molecule has 0 saturated carbocycles. The Balaban J connectivity index is 2.07. The van der Waals surface area contributed by atoms with Gasteiger partial charge in [-0.05, 0) is 19.3 Å². The van der Waals surface area contributed by atoms with Crippen LogP contribution in [0, 0.1) is 0 Å². The highest BCUT2D eigenvalue weighted by Gasteiger charge is 2.19. The first-order chi connectivity index (χ1) is 8.76. The number of unbranched alkanes of at least 4 members (excludes halogenated alkanes) is 3. The van der Waals surface area contributed by atoms with E-state index in [1.165, 1.54) is 19.3 Å². The highest BCUT2D eigenvalue weighted by molar-refractivity contribution is 5.76. The van der Waals surface area contributed by atoms with Gasteiger partial charge in [-0.1, -0.05) is 26.2 Å². The van der Waals surface area contributed by atoms with Crippen molar-refractivity contribution in [3.8, 4) is 0 Å². The molecule has 0 aromatic rings. The predicted octanol–water partition coefficient (Wildman–Crippen LogP) is 1.50. The summed E-state index contributed by atoms with van der Waals surface area (Å²) in [5.41, 5.74) is 5.54. The first-order valence-corrected chi connectivity index (χ1v) is 7.48. The van der Waals surface area contributed by atoms with E-state index in [-0.39, 0.29) is 5.91 Å². The molecular weight excluding hydrogens is 226 g/mol. The summed E-state index contributed by atoms with van der Waals surface area (Å²) in [6.45, 7) is 6.04. The smallest absolute Gasteiger partial charge is 0.220 e. The molecule has 0 atom stereocenters. The Morgan fingerprint density at radius 3 is 2.61 bits per heavy atom. The van der Waals surface area contributed by atoms with E-state index >= 15 is 0 Å². The van der Waals surface area contributed by atoms with Crippen LogP contribution < -0.4 is 11.1 Å². The van der Waals surface area contributed by atoms with Crippen LogP contribution in [-0.4, -0.2) is 43.0 Å². The second-order valence-corrected chi connectivity index (χ2v) is 5.28. The summed E-state index contributed by atoms with van der Waals surface area (Å²) in [7, 11) is 0. The van der Waals surface area contributed by atoms with Gasteiger partial charge in [0.2, 0.25) is 5.91 Å². The second-order valence-electron chi connectivity index (χ2n) is 5.28. The SMILES string of the molecule is CCCCCCC(=O)NC1CCN(CCN)CC1. The van der Waals surface area contributed by atoms with Crippen molar-refractivity contribution in [1.29, 1.82) is 0 Å². The molecule has 4 heteroatoms. The number of hydrogen-bond acceptors (Lipinski definition) is 3. The number of nitrogens with zero attached hydrogens (tertiary/aromatic N) is 1.